The minimum atomic E-state index is -1.48. The predicted octanol–water partition coefficient (Wildman–Crippen LogP) is 1.41. The van der Waals surface area contributed by atoms with Crippen molar-refractivity contribution in [1.29, 1.82) is 0 Å². The first-order valence-corrected chi connectivity index (χ1v) is 14.7. The van der Waals surface area contributed by atoms with E-state index in [1.165, 1.54) is 13.2 Å². The molecule has 3 unspecified atom stereocenters. The van der Waals surface area contributed by atoms with Crippen LogP contribution < -0.4 is 43.0 Å². The number of aromatic nitrogens is 2. The van der Waals surface area contributed by atoms with Crippen LogP contribution in [-0.2, 0) is 6.54 Å². The van der Waals surface area contributed by atoms with Gasteiger partial charge in [-0.05, 0) is 56.5 Å². The molecule has 1 aliphatic carbocycles. The van der Waals surface area contributed by atoms with Gasteiger partial charge < -0.3 is 43.0 Å². The Kier molecular flexibility index (Phi) is 8.60. The van der Waals surface area contributed by atoms with E-state index in [2.05, 4.69) is 15.7 Å². The van der Waals surface area contributed by atoms with E-state index in [1.54, 1.807) is 29.8 Å². The van der Waals surface area contributed by atoms with Crippen molar-refractivity contribution < 1.29 is 28.8 Å². The zero-order chi connectivity index (χ0) is 33.5. The summed E-state index contributed by atoms with van der Waals surface area (Å²) in [5, 5.41) is 22.2. The number of nitro benzene ring substituents is 1. The smallest absolute Gasteiger partial charge is 0.296 e. The van der Waals surface area contributed by atoms with Crippen LogP contribution in [0.25, 0.3) is 0 Å². The summed E-state index contributed by atoms with van der Waals surface area (Å²) in [6.07, 6.45) is 1.00. The molecule has 0 radical (unpaired) electrons. The molecule has 2 heterocycles. The van der Waals surface area contributed by atoms with Crippen LogP contribution in [0.15, 0.2) is 30.3 Å². The van der Waals surface area contributed by atoms with Crippen molar-refractivity contribution in [2.45, 2.75) is 50.9 Å². The van der Waals surface area contributed by atoms with Gasteiger partial charge in [0.15, 0.2) is 5.69 Å². The fraction of sp³-hybridized carbons (Fsp3) is 0.400. The molecule has 1 aromatic heterocycles. The van der Waals surface area contributed by atoms with Gasteiger partial charge in [0, 0.05) is 47.7 Å². The van der Waals surface area contributed by atoms with E-state index in [0.29, 0.717) is 47.7 Å². The first-order chi connectivity index (χ1) is 21.8. The first kappa shape index (κ1) is 32.2. The number of carbonyl (C=O) groups excluding carboxylic acids is 3. The molecule has 0 spiro atoms. The second-order valence-corrected chi connectivity index (χ2v) is 11.5. The number of nitrogens with two attached hydrogens (primary N) is 4. The highest BCUT2D eigenvalue weighted by Crippen LogP contribution is 2.55. The number of hydrogen-bond acceptors (Lipinski definition) is 11. The zero-order valence-electron chi connectivity index (χ0n) is 25.7. The van der Waals surface area contributed by atoms with Gasteiger partial charge in [-0.2, -0.15) is 5.10 Å². The van der Waals surface area contributed by atoms with E-state index in [4.69, 9.17) is 32.4 Å². The Hall–Kier alpha value is -5.22. The molecule has 2 aliphatic rings. The van der Waals surface area contributed by atoms with Crippen LogP contribution in [0.3, 0.4) is 0 Å². The largest absolute Gasteiger partial charge is 0.494 e. The van der Waals surface area contributed by atoms with E-state index in [1.807, 2.05) is 6.92 Å². The van der Waals surface area contributed by atoms with Crippen LogP contribution in [0, 0.1) is 23.0 Å². The summed E-state index contributed by atoms with van der Waals surface area (Å²) in [5.41, 5.74) is 25.5. The van der Waals surface area contributed by atoms with Gasteiger partial charge in [0.2, 0.25) is 11.8 Å². The van der Waals surface area contributed by atoms with Gasteiger partial charge in [-0.1, -0.05) is 0 Å². The number of nitrogens with zero attached hydrogens (tertiary/aromatic N) is 3. The maximum absolute atomic E-state index is 13.7. The van der Waals surface area contributed by atoms with Crippen molar-refractivity contribution in [2.24, 2.45) is 28.9 Å². The average Bonchev–Trinajstić information content (AvgIpc) is 3.51. The Balaban J connectivity index is 1.43. The van der Waals surface area contributed by atoms with Crippen LogP contribution in [0.1, 0.15) is 79.8 Å². The Morgan fingerprint density at radius 2 is 1.87 bits per heavy atom. The second-order valence-electron chi connectivity index (χ2n) is 11.5. The number of carbonyl (C=O) groups is 3. The van der Waals surface area contributed by atoms with Gasteiger partial charge in [-0.3, -0.25) is 29.2 Å². The van der Waals surface area contributed by atoms with Gasteiger partial charge in [-0.25, -0.2) is 0 Å². The number of nitro groups is 1. The van der Waals surface area contributed by atoms with E-state index in [-0.39, 0.29) is 47.3 Å². The van der Waals surface area contributed by atoms with Crippen molar-refractivity contribution in [1.82, 2.24) is 15.1 Å². The van der Waals surface area contributed by atoms with Crippen LogP contribution in [0.4, 0.5) is 11.4 Å². The number of anilines is 1. The standard InChI is InChI=1S/C30H37N9O7/c1-4-38-20(8-14(2)37-38)29(42)36-30(34)24-15(13-46-21-11-16(27(32)40)9-18(23(21)24)26(30)31)6-5-7-35-25-19(39(43)44)10-17(28(33)41)12-22(25)45-3/h8-12,15,24,26,35H,4-7,13,31,34H2,1-3H3,(H2,32,40)(H2,33,41)(H,36,42)/t15?,24?,26?,30-/m1/s1. The van der Waals surface area contributed by atoms with E-state index < -0.39 is 40.3 Å². The molecule has 244 valence electrons. The van der Waals surface area contributed by atoms with Gasteiger partial charge in [0.25, 0.3) is 11.6 Å². The average molecular weight is 636 g/mol. The van der Waals surface area contributed by atoms with Crippen molar-refractivity contribution in [3.05, 3.63) is 74.1 Å². The molecule has 46 heavy (non-hydrogen) atoms. The molecule has 0 bridgehead atoms. The number of benzene rings is 2. The highest BCUT2D eigenvalue weighted by atomic mass is 16.6. The molecule has 1 aliphatic heterocycles. The molecule has 5 rings (SSSR count). The van der Waals surface area contributed by atoms with Crippen molar-refractivity contribution in [2.75, 3.05) is 25.6 Å². The molecular weight excluding hydrogens is 598 g/mol. The van der Waals surface area contributed by atoms with Crippen LogP contribution >= 0.6 is 0 Å². The minimum absolute atomic E-state index is 0.0570. The molecule has 3 amide bonds. The third kappa shape index (κ3) is 5.56. The summed E-state index contributed by atoms with van der Waals surface area (Å²) in [7, 11) is 1.33. The fourth-order valence-electron chi connectivity index (χ4n) is 6.55. The van der Waals surface area contributed by atoms with E-state index in [0.717, 1.165) is 6.07 Å². The monoisotopic (exact) mass is 635 g/mol. The van der Waals surface area contributed by atoms with Crippen molar-refractivity contribution in [3.8, 4) is 11.5 Å². The molecule has 3 aromatic rings. The molecule has 16 nitrogen and oxygen atoms in total. The summed E-state index contributed by atoms with van der Waals surface area (Å²) in [5.74, 6) is -2.17. The lowest BCUT2D eigenvalue weighted by Gasteiger charge is -2.42. The van der Waals surface area contributed by atoms with Gasteiger partial charge in [-0.15, -0.1) is 0 Å². The second kappa shape index (κ2) is 12.3. The van der Waals surface area contributed by atoms with Crippen LogP contribution in [-0.4, -0.2) is 58.3 Å². The quantitative estimate of drug-likeness (QED) is 0.0717. The summed E-state index contributed by atoms with van der Waals surface area (Å²) in [6, 6.07) is 6.34. The maximum atomic E-state index is 13.7. The predicted molar refractivity (Wildman–Crippen MR) is 167 cm³/mol. The van der Waals surface area contributed by atoms with Gasteiger partial charge in [0.1, 0.15) is 22.9 Å². The van der Waals surface area contributed by atoms with Crippen molar-refractivity contribution in [3.63, 3.8) is 0 Å². The SMILES string of the molecule is CCn1nc(C)cc1C(=O)N[C@@]1(N)C(N)c2cc(C(N)=O)cc3c2C1C(CCCNc1c(OC)cc(C(N)=O)cc1[N+](=O)[O-])CO3. The van der Waals surface area contributed by atoms with Crippen LogP contribution in [0.5, 0.6) is 11.5 Å². The highest BCUT2D eigenvalue weighted by molar-refractivity contribution is 5.96. The van der Waals surface area contributed by atoms with Gasteiger partial charge in [0.05, 0.1) is 30.4 Å². The summed E-state index contributed by atoms with van der Waals surface area (Å²) < 4.78 is 13.0. The fourth-order valence-corrected chi connectivity index (χ4v) is 6.55. The van der Waals surface area contributed by atoms with Crippen LogP contribution in [0.2, 0.25) is 0 Å². The number of hydrogen-bond donors (Lipinski definition) is 6. The number of primary amides is 2. The number of amides is 3. The molecule has 0 saturated heterocycles. The number of methoxy groups -OCH3 is 1. The topological polar surface area (TPSA) is 259 Å². The molecule has 10 N–H and O–H groups in total. The Morgan fingerprint density at radius 3 is 2.50 bits per heavy atom. The summed E-state index contributed by atoms with van der Waals surface area (Å²) in [4.78, 5) is 48.6. The number of aryl methyl sites for hydroxylation is 2. The maximum Gasteiger partial charge on any atom is 0.296 e. The lowest BCUT2D eigenvalue weighted by atomic mass is 9.77. The number of rotatable bonds is 12. The minimum Gasteiger partial charge on any atom is -0.494 e. The van der Waals surface area contributed by atoms with Gasteiger partial charge >= 0.3 is 0 Å². The molecule has 16 heteroatoms. The molecule has 0 saturated carbocycles. The Labute approximate surface area is 263 Å². The Morgan fingerprint density at radius 1 is 1.17 bits per heavy atom. The van der Waals surface area contributed by atoms with Crippen molar-refractivity contribution >= 4 is 29.1 Å². The molecule has 2 aromatic carbocycles. The number of ether oxygens (including phenoxy) is 2. The number of nitrogens with one attached hydrogen (secondary N) is 2. The zero-order valence-corrected chi connectivity index (χ0v) is 25.7. The van der Waals surface area contributed by atoms with E-state index >= 15 is 0 Å². The van der Waals surface area contributed by atoms with E-state index in [9.17, 15) is 24.5 Å². The molecular formula is C30H37N9O7. The summed E-state index contributed by atoms with van der Waals surface area (Å²) >= 11 is 0. The molecule has 4 atom stereocenters. The normalized spacial score (nSPS) is 21.2. The first-order valence-electron chi connectivity index (χ1n) is 14.7. The lowest BCUT2D eigenvalue weighted by Crippen LogP contribution is -2.64. The Bertz CT molecular complexity index is 1740. The lowest BCUT2D eigenvalue weighted by molar-refractivity contribution is -0.384. The third-order valence-corrected chi connectivity index (χ3v) is 8.66. The summed E-state index contributed by atoms with van der Waals surface area (Å²) in [6.45, 7) is 4.60. The highest BCUT2D eigenvalue weighted by Gasteiger charge is 2.56. The third-order valence-electron chi connectivity index (χ3n) is 8.66. The molecule has 0 fully saturated rings.